The summed E-state index contributed by atoms with van der Waals surface area (Å²) in [5, 5.41) is 2.00. The van der Waals surface area contributed by atoms with Crippen LogP contribution in [0.5, 0.6) is 0 Å². The number of nitrogen functional groups attached to an aromatic ring is 1. The number of benzene rings is 1. The minimum atomic E-state index is 0.602. The smallest absolute Gasteiger partial charge is 0.138 e. The fourth-order valence-electron chi connectivity index (χ4n) is 1.67. The molecule has 0 atom stereocenters. The second kappa shape index (κ2) is 3.35. The molecule has 2 aromatic heterocycles. The lowest BCUT2D eigenvalue weighted by Crippen LogP contribution is -1.85. The molecular weight excluding hydrogens is 220 g/mol. The van der Waals surface area contributed by atoms with E-state index in [9.17, 15) is 0 Å². The molecule has 0 bridgehead atoms. The number of aromatic nitrogens is 1. The van der Waals surface area contributed by atoms with Crippen LogP contribution < -0.4 is 5.73 Å². The van der Waals surface area contributed by atoms with Crippen molar-refractivity contribution in [1.82, 2.24) is 4.98 Å². The normalized spacial score (nSPS) is 11.1. The number of hydrogen-bond donors (Lipinski definition) is 1. The molecule has 2 N–H and O–H groups in total. The highest BCUT2D eigenvalue weighted by Crippen LogP contribution is 2.34. The van der Waals surface area contributed by atoms with Crippen LogP contribution in [-0.4, -0.2) is 4.98 Å². The van der Waals surface area contributed by atoms with Crippen LogP contribution in [0.3, 0.4) is 0 Å². The highest BCUT2D eigenvalue weighted by Gasteiger charge is 2.12. The van der Waals surface area contributed by atoms with Gasteiger partial charge in [-0.15, -0.1) is 11.3 Å². The van der Waals surface area contributed by atoms with Crippen LogP contribution in [0.4, 0.5) is 5.82 Å². The molecule has 4 heteroatoms. The molecule has 0 unspecified atom stereocenters. The highest BCUT2D eigenvalue weighted by atomic mass is 32.1. The van der Waals surface area contributed by atoms with Crippen molar-refractivity contribution >= 4 is 28.1 Å². The van der Waals surface area contributed by atoms with Crippen molar-refractivity contribution in [3.8, 4) is 10.6 Å². The molecule has 0 aliphatic rings. The standard InChI is InChI=1S/C12H10N2OS/c1-7-11(13)14-12(16-7)9-6-15-10-5-3-2-4-8(9)10/h2-6H,13H2,1H3. The summed E-state index contributed by atoms with van der Waals surface area (Å²) in [6.45, 7) is 1.97. The Bertz CT molecular complexity index is 634. The van der Waals surface area contributed by atoms with E-state index in [0.717, 1.165) is 26.4 Å². The fraction of sp³-hybridized carbons (Fsp3) is 0.0833. The second-order valence-electron chi connectivity index (χ2n) is 3.61. The number of anilines is 1. The number of rotatable bonds is 1. The maximum Gasteiger partial charge on any atom is 0.138 e. The van der Waals surface area contributed by atoms with E-state index in [1.54, 1.807) is 17.6 Å². The Kier molecular flexibility index (Phi) is 1.97. The average Bonchev–Trinajstić information content (AvgIpc) is 2.83. The molecule has 3 nitrogen and oxygen atoms in total. The lowest BCUT2D eigenvalue weighted by molar-refractivity contribution is 0.617. The van der Waals surface area contributed by atoms with Gasteiger partial charge < -0.3 is 10.2 Å². The highest BCUT2D eigenvalue weighted by molar-refractivity contribution is 7.15. The molecule has 0 fully saturated rings. The molecule has 80 valence electrons. The van der Waals surface area contributed by atoms with Gasteiger partial charge in [0.1, 0.15) is 22.7 Å². The van der Waals surface area contributed by atoms with Gasteiger partial charge in [0.05, 0.1) is 5.56 Å². The summed E-state index contributed by atoms with van der Waals surface area (Å²) in [6.07, 6.45) is 1.74. The first-order valence-corrected chi connectivity index (χ1v) is 5.77. The Morgan fingerprint density at radius 1 is 1.31 bits per heavy atom. The molecule has 0 aliphatic carbocycles. The van der Waals surface area contributed by atoms with Gasteiger partial charge >= 0.3 is 0 Å². The van der Waals surface area contributed by atoms with E-state index in [0.29, 0.717) is 5.82 Å². The van der Waals surface area contributed by atoms with Gasteiger partial charge in [-0.25, -0.2) is 4.98 Å². The van der Waals surface area contributed by atoms with Crippen molar-refractivity contribution < 1.29 is 4.42 Å². The quantitative estimate of drug-likeness (QED) is 0.696. The molecule has 0 saturated carbocycles. The molecule has 16 heavy (non-hydrogen) atoms. The third-order valence-electron chi connectivity index (χ3n) is 2.54. The summed E-state index contributed by atoms with van der Waals surface area (Å²) in [7, 11) is 0. The summed E-state index contributed by atoms with van der Waals surface area (Å²) in [5.74, 6) is 0.602. The number of thiazole rings is 1. The third-order valence-corrected chi connectivity index (χ3v) is 3.56. The molecule has 0 saturated heterocycles. The van der Waals surface area contributed by atoms with Crippen molar-refractivity contribution in [1.29, 1.82) is 0 Å². The fourth-order valence-corrected chi connectivity index (χ4v) is 2.52. The van der Waals surface area contributed by atoms with E-state index in [1.807, 2.05) is 31.2 Å². The first-order valence-electron chi connectivity index (χ1n) is 4.95. The van der Waals surface area contributed by atoms with E-state index in [1.165, 1.54) is 0 Å². The maximum absolute atomic E-state index is 5.76. The van der Waals surface area contributed by atoms with E-state index in [-0.39, 0.29) is 0 Å². The Morgan fingerprint density at radius 3 is 2.88 bits per heavy atom. The van der Waals surface area contributed by atoms with Crippen LogP contribution >= 0.6 is 11.3 Å². The van der Waals surface area contributed by atoms with Gasteiger partial charge in [0.25, 0.3) is 0 Å². The number of nitrogens with two attached hydrogens (primary N) is 1. The van der Waals surface area contributed by atoms with Crippen LogP contribution in [0.25, 0.3) is 21.5 Å². The lowest BCUT2D eigenvalue weighted by Gasteiger charge is -1.90. The van der Waals surface area contributed by atoms with Gasteiger partial charge in [0.15, 0.2) is 0 Å². The molecule has 0 amide bonds. The zero-order chi connectivity index (χ0) is 11.1. The Hall–Kier alpha value is -1.81. The summed E-state index contributed by atoms with van der Waals surface area (Å²) < 4.78 is 5.48. The van der Waals surface area contributed by atoms with E-state index < -0.39 is 0 Å². The Balaban J connectivity index is 2.26. The predicted octanol–water partition coefficient (Wildman–Crippen LogP) is 3.45. The summed E-state index contributed by atoms with van der Waals surface area (Å²) >= 11 is 1.59. The van der Waals surface area contributed by atoms with Gasteiger partial charge in [0.2, 0.25) is 0 Å². The summed E-state index contributed by atoms with van der Waals surface area (Å²) in [5.41, 5.74) is 7.65. The molecule has 3 aromatic rings. The maximum atomic E-state index is 5.76. The van der Waals surface area contributed by atoms with Crippen LogP contribution in [0.2, 0.25) is 0 Å². The van der Waals surface area contributed by atoms with E-state index >= 15 is 0 Å². The molecule has 0 radical (unpaired) electrons. The van der Waals surface area contributed by atoms with E-state index in [4.69, 9.17) is 10.2 Å². The van der Waals surface area contributed by atoms with Crippen LogP contribution in [0, 0.1) is 6.92 Å². The second-order valence-corrected chi connectivity index (χ2v) is 4.81. The van der Waals surface area contributed by atoms with Crippen molar-refractivity contribution in [2.75, 3.05) is 5.73 Å². The number of aryl methyl sites for hydroxylation is 1. The van der Waals surface area contributed by atoms with Crippen molar-refractivity contribution in [3.63, 3.8) is 0 Å². The average molecular weight is 230 g/mol. The van der Waals surface area contributed by atoms with Gasteiger partial charge in [-0.05, 0) is 13.0 Å². The predicted molar refractivity (Wildman–Crippen MR) is 66.5 cm³/mol. The summed E-state index contributed by atoms with van der Waals surface area (Å²) in [4.78, 5) is 5.38. The van der Waals surface area contributed by atoms with Gasteiger partial charge in [0, 0.05) is 10.3 Å². The summed E-state index contributed by atoms with van der Waals surface area (Å²) in [6, 6.07) is 7.92. The topological polar surface area (TPSA) is 52.0 Å². The number of para-hydroxylation sites is 1. The third kappa shape index (κ3) is 1.31. The number of furan rings is 1. The van der Waals surface area contributed by atoms with Crippen molar-refractivity contribution in [2.45, 2.75) is 6.92 Å². The van der Waals surface area contributed by atoms with E-state index in [2.05, 4.69) is 4.98 Å². The van der Waals surface area contributed by atoms with Gasteiger partial charge in [-0.2, -0.15) is 0 Å². The van der Waals surface area contributed by atoms with Crippen LogP contribution in [-0.2, 0) is 0 Å². The van der Waals surface area contributed by atoms with Gasteiger partial charge in [-0.1, -0.05) is 18.2 Å². The first-order chi connectivity index (χ1) is 7.75. The van der Waals surface area contributed by atoms with Crippen LogP contribution in [0.15, 0.2) is 34.9 Å². The molecule has 0 aliphatic heterocycles. The number of nitrogens with zero attached hydrogens (tertiary/aromatic N) is 1. The molecule has 3 rings (SSSR count). The van der Waals surface area contributed by atoms with Crippen LogP contribution in [0.1, 0.15) is 4.88 Å². The lowest BCUT2D eigenvalue weighted by atomic mass is 10.2. The minimum Gasteiger partial charge on any atom is -0.464 e. The Morgan fingerprint density at radius 2 is 2.12 bits per heavy atom. The zero-order valence-electron chi connectivity index (χ0n) is 8.73. The zero-order valence-corrected chi connectivity index (χ0v) is 9.54. The van der Waals surface area contributed by atoms with Gasteiger partial charge in [-0.3, -0.25) is 0 Å². The molecule has 2 heterocycles. The monoisotopic (exact) mass is 230 g/mol. The SMILES string of the molecule is Cc1sc(-c2coc3ccccc23)nc1N. The number of hydrogen-bond acceptors (Lipinski definition) is 4. The largest absolute Gasteiger partial charge is 0.464 e. The number of fused-ring (bicyclic) bond motifs is 1. The molecule has 1 aromatic carbocycles. The Labute approximate surface area is 96.5 Å². The molecular formula is C12H10N2OS. The molecule has 0 spiro atoms. The van der Waals surface area contributed by atoms with Crippen molar-refractivity contribution in [2.24, 2.45) is 0 Å². The minimum absolute atomic E-state index is 0.602. The van der Waals surface area contributed by atoms with Crippen molar-refractivity contribution in [3.05, 3.63) is 35.4 Å². The first kappa shape index (κ1) is 9.42.